The van der Waals surface area contributed by atoms with Crippen LogP contribution in [-0.4, -0.2) is 98.0 Å². The summed E-state index contributed by atoms with van der Waals surface area (Å²) in [4.78, 5) is 24.8. The molecule has 8 heteroatoms. The van der Waals surface area contributed by atoms with Crippen LogP contribution in [0.1, 0.15) is 5.71 Å². The Bertz CT molecular complexity index is 110. The minimum atomic E-state index is -1.80. The molecule has 0 atom stereocenters. The van der Waals surface area contributed by atoms with Crippen molar-refractivity contribution < 1.29 is 35.3 Å². The standard InChI is InChI=1S/C2H2O6.2Ca.4H/c3-1(4)7-8-2(5)6;;;;;;/h(H,3,4)(H,5,6);;;;;;/q;2*+2;4*-1. The number of hydrogen-bond donors (Lipinski definition) is 2. The number of carbonyl (C=O) groups is 2. The van der Waals surface area contributed by atoms with Gasteiger partial charge in [-0.05, 0) is 0 Å². The summed E-state index contributed by atoms with van der Waals surface area (Å²) in [6.07, 6.45) is -3.60. The fourth-order valence-electron chi connectivity index (χ4n) is 0.0713. The zero-order valence-corrected chi connectivity index (χ0v) is 9.36. The third-order valence-electron chi connectivity index (χ3n) is 0.184. The van der Waals surface area contributed by atoms with Gasteiger partial charge in [0.05, 0.1) is 0 Å². The second kappa shape index (κ2) is 10.1. The molecule has 0 rings (SSSR count). The van der Waals surface area contributed by atoms with Gasteiger partial charge in [0.1, 0.15) is 0 Å². The van der Waals surface area contributed by atoms with E-state index in [0.29, 0.717) is 0 Å². The first-order valence-corrected chi connectivity index (χ1v) is 1.43. The maximum Gasteiger partial charge on any atom is 2.00 e. The van der Waals surface area contributed by atoms with Crippen LogP contribution in [0, 0.1) is 0 Å². The molecule has 0 aromatic heterocycles. The van der Waals surface area contributed by atoms with E-state index in [4.69, 9.17) is 10.2 Å². The van der Waals surface area contributed by atoms with Crippen LogP contribution in [0.15, 0.2) is 0 Å². The molecule has 0 aromatic rings. The Morgan fingerprint density at radius 2 is 1.20 bits per heavy atom. The van der Waals surface area contributed by atoms with Gasteiger partial charge >= 0.3 is 87.8 Å². The zero-order valence-electron chi connectivity index (χ0n) is 8.94. The molecule has 54 valence electrons. The monoisotopic (exact) mass is 206 g/mol. The van der Waals surface area contributed by atoms with Crippen molar-refractivity contribution in [3.8, 4) is 0 Å². The van der Waals surface area contributed by atoms with E-state index >= 15 is 0 Å². The van der Waals surface area contributed by atoms with Crippen LogP contribution in [-0.2, 0) is 9.78 Å². The van der Waals surface area contributed by atoms with E-state index in [9.17, 15) is 9.59 Å². The summed E-state index contributed by atoms with van der Waals surface area (Å²) in [5.74, 6) is 0. The predicted octanol–water partition coefficient (Wildman–Crippen LogP) is -0.0210. The van der Waals surface area contributed by atoms with Crippen molar-refractivity contribution in [1.82, 2.24) is 0 Å². The van der Waals surface area contributed by atoms with E-state index in [2.05, 4.69) is 9.78 Å². The van der Waals surface area contributed by atoms with Crippen LogP contribution in [0.4, 0.5) is 9.59 Å². The van der Waals surface area contributed by atoms with E-state index in [1.807, 2.05) is 0 Å². The zero-order chi connectivity index (χ0) is 6.57. The summed E-state index contributed by atoms with van der Waals surface area (Å²) in [6, 6.07) is 0. The van der Waals surface area contributed by atoms with Gasteiger partial charge in [-0.15, -0.1) is 0 Å². The first kappa shape index (κ1) is 17.2. The second-order valence-electron chi connectivity index (χ2n) is 0.698. The van der Waals surface area contributed by atoms with Crippen molar-refractivity contribution in [3.63, 3.8) is 0 Å². The van der Waals surface area contributed by atoms with Crippen LogP contribution in [0.25, 0.3) is 0 Å². The van der Waals surface area contributed by atoms with Gasteiger partial charge in [0.25, 0.3) is 0 Å². The summed E-state index contributed by atoms with van der Waals surface area (Å²) >= 11 is 0. The maximum absolute atomic E-state index is 9.29. The van der Waals surface area contributed by atoms with Gasteiger partial charge in [-0.3, -0.25) is 0 Å². The van der Waals surface area contributed by atoms with Crippen molar-refractivity contribution in [2.45, 2.75) is 0 Å². The quantitative estimate of drug-likeness (QED) is 0.328. The Labute approximate surface area is 121 Å². The van der Waals surface area contributed by atoms with E-state index < -0.39 is 12.3 Å². The molecule has 0 aromatic carbocycles. The number of hydrogen-bond acceptors (Lipinski definition) is 4. The van der Waals surface area contributed by atoms with Gasteiger partial charge in [-0.2, -0.15) is 0 Å². The molecule has 0 aliphatic carbocycles. The number of carboxylic acid groups (broad SMARTS) is 2. The average Bonchev–Trinajstić information content (AvgIpc) is 1.61. The third-order valence-corrected chi connectivity index (χ3v) is 0.184. The summed E-state index contributed by atoms with van der Waals surface area (Å²) in [5, 5.41) is 15.1. The fraction of sp³-hybridized carbons (Fsp3) is 0. The van der Waals surface area contributed by atoms with Crippen molar-refractivity contribution >= 4 is 87.8 Å². The topological polar surface area (TPSA) is 93.1 Å². The Balaban J connectivity index is -0.0000000163. The minimum absolute atomic E-state index is 0. The van der Waals surface area contributed by atoms with Gasteiger partial charge in [-0.1, -0.05) is 0 Å². The van der Waals surface area contributed by atoms with E-state index in [0.717, 1.165) is 0 Å². The Morgan fingerprint density at radius 1 is 1.00 bits per heavy atom. The summed E-state index contributed by atoms with van der Waals surface area (Å²) < 4.78 is 0. The van der Waals surface area contributed by atoms with Crippen LogP contribution in [0.3, 0.4) is 0 Å². The molecule has 10 heavy (non-hydrogen) atoms. The van der Waals surface area contributed by atoms with Gasteiger partial charge in [0, 0.05) is 0 Å². The largest absolute Gasteiger partial charge is 2.00 e. The summed E-state index contributed by atoms with van der Waals surface area (Å²) in [5.41, 5.74) is 0. The van der Waals surface area contributed by atoms with Crippen LogP contribution in [0.5, 0.6) is 0 Å². The van der Waals surface area contributed by atoms with Gasteiger partial charge < -0.3 is 15.9 Å². The molecule has 0 unspecified atom stereocenters. The molecule has 0 saturated carbocycles. The Kier molecular flexibility index (Phi) is 17.3. The molecule has 0 heterocycles. The molecule has 0 amide bonds. The van der Waals surface area contributed by atoms with Crippen molar-refractivity contribution in [3.05, 3.63) is 0 Å². The van der Waals surface area contributed by atoms with Crippen molar-refractivity contribution in [2.75, 3.05) is 0 Å². The minimum Gasteiger partial charge on any atom is -1.00 e. The summed E-state index contributed by atoms with van der Waals surface area (Å²) in [6.45, 7) is 0. The molecular formula is C2H6Ca2O6. The molecule has 0 aliphatic rings. The SMILES string of the molecule is O=C(O)OOC(=O)O.[Ca+2].[Ca+2].[H-].[H-].[H-].[H-]. The molecule has 6 nitrogen and oxygen atoms in total. The van der Waals surface area contributed by atoms with Crippen molar-refractivity contribution in [2.24, 2.45) is 0 Å². The van der Waals surface area contributed by atoms with E-state index in [1.165, 1.54) is 0 Å². The fourth-order valence-corrected chi connectivity index (χ4v) is 0.0713. The van der Waals surface area contributed by atoms with Crippen molar-refractivity contribution in [1.29, 1.82) is 0 Å². The molecule has 0 saturated heterocycles. The molecule has 0 radical (unpaired) electrons. The first-order chi connectivity index (χ1) is 3.63. The van der Waals surface area contributed by atoms with Crippen LogP contribution in [0.2, 0.25) is 0 Å². The van der Waals surface area contributed by atoms with Crippen LogP contribution >= 0.6 is 0 Å². The summed E-state index contributed by atoms with van der Waals surface area (Å²) in [7, 11) is 0. The molecule has 0 fully saturated rings. The predicted molar refractivity (Wildman–Crippen MR) is 34.2 cm³/mol. The molecule has 0 aliphatic heterocycles. The molecule has 0 spiro atoms. The Morgan fingerprint density at radius 3 is 1.30 bits per heavy atom. The van der Waals surface area contributed by atoms with E-state index in [-0.39, 0.29) is 81.2 Å². The van der Waals surface area contributed by atoms with Gasteiger partial charge in [0.15, 0.2) is 0 Å². The van der Waals surface area contributed by atoms with E-state index in [1.54, 1.807) is 0 Å². The maximum atomic E-state index is 9.29. The average molecular weight is 206 g/mol. The van der Waals surface area contributed by atoms with Crippen LogP contribution < -0.4 is 0 Å². The normalized spacial score (nSPS) is 6.00. The molecular weight excluding hydrogens is 200 g/mol. The smallest absolute Gasteiger partial charge is 1.00 e. The number of rotatable bonds is 0. The molecule has 2 N–H and O–H groups in total. The van der Waals surface area contributed by atoms with Gasteiger partial charge in [0.2, 0.25) is 0 Å². The van der Waals surface area contributed by atoms with Gasteiger partial charge in [-0.25, -0.2) is 19.4 Å². The Hall–Kier alpha value is 1.06. The third kappa shape index (κ3) is 16.0. The second-order valence-corrected chi connectivity index (χ2v) is 0.698. The first-order valence-electron chi connectivity index (χ1n) is 1.43. The molecule has 0 bridgehead atoms.